The van der Waals surface area contributed by atoms with Crippen LogP contribution in [-0.4, -0.2) is 81.8 Å². The van der Waals surface area contributed by atoms with Gasteiger partial charge in [0.25, 0.3) is 11.8 Å². The van der Waals surface area contributed by atoms with Crippen LogP contribution in [0.15, 0.2) is 60.9 Å². The maximum atomic E-state index is 14.6. The maximum Gasteiger partial charge on any atom is 0.338 e. The van der Waals surface area contributed by atoms with Crippen LogP contribution in [0.5, 0.6) is 0 Å². The predicted molar refractivity (Wildman–Crippen MR) is 250 cm³/mol. The summed E-state index contributed by atoms with van der Waals surface area (Å²) in [5.41, 5.74) is 0.821. The van der Waals surface area contributed by atoms with Crippen LogP contribution < -0.4 is 25.5 Å². The number of carboxylic acid groups (broad SMARTS) is 1. The average Bonchev–Trinajstić information content (AvgIpc) is 3.63. The van der Waals surface area contributed by atoms with Crippen molar-refractivity contribution < 1.29 is 44.8 Å². The highest BCUT2D eigenvalue weighted by atomic mass is 127. The van der Waals surface area contributed by atoms with Gasteiger partial charge in [-0.15, -0.1) is 12.4 Å². The van der Waals surface area contributed by atoms with E-state index in [1.807, 2.05) is 34.7 Å². The van der Waals surface area contributed by atoms with Crippen molar-refractivity contribution in [3.8, 4) is 12.1 Å². The summed E-state index contributed by atoms with van der Waals surface area (Å²) in [6.07, 6.45) is 6.70. The third-order valence-corrected chi connectivity index (χ3v) is 11.9. The van der Waals surface area contributed by atoms with Gasteiger partial charge in [-0.1, -0.05) is 22.6 Å². The summed E-state index contributed by atoms with van der Waals surface area (Å²) in [5.74, 6) is -0.728. The molecule has 16 nitrogen and oxygen atoms in total. The number of rotatable bonds is 7. The molecule has 64 heavy (non-hydrogen) atoms. The van der Waals surface area contributed by atoms with E-state index in [2.05, 4.69) is 15.9 Å². The Morgan fingerprint density at radius 2 is 1.17 bits per heavy atom. The first-order valence-electron chi connectivity index (χ1n) is 19.4. The number of aliphatic hydroxyl groups is 1. The second kappa shape index (κ2) is 20.9. The summed E-state index contributed by atoms with van der Waals surface area (Å²) < 4.78 is 35.1. The van der Waals surface area contributed by atoms with Crippen LogP contribution >= 0.6 is 59.4 Å². The number of alkyl halides is 1. The van der Waals surface area contributed by atoms with Crippen LogP contribution in [0.1, 0.15) is 83.1 Å². The minimum atomic E-state index is -1.37. The second-order valence-corrected chi connectivity index (χ2v) is 15.2. The van der Waals surface area contributed by atoms with Gasteiger partial charge in [-0.3, -0.25) is 24.2 Å². The smallest absolute Gasteiger partial charge is 0.338 e. The van der Waals surface area contributed by atoms with E-state index in [9.17, 15) is 28.0 Å². The van der Waals surface area contributed by atoms with E-state index in [1.165, 1.54) is 46.5 Å². The molecular weight excluding hydrogens is 1010 g/mol. The lowest BCUT2D eigenvalue weighted by Gasteiger charge is -2.43. The second-order valence-electron chi connectivity index (χ2n) is 14.4. The molecule has 0 radical (unpaired) electrons. The molecule has 0 unspecified atom stereocenters. The Morgan fingerprint density at radius 1 is 0.797 bits per heavy atom. The number of pyridine rings is 2. The predicted octanol–water partition coefficient (Wildman–Crippen LogP) is 6.60. The first kappa shape index (κ1) is 49.4. The number of benzene rings is 2. The van der Waals surface area contributed by atoms with E-state index in [-0.39, 0.29) is 51.4 Å². The van der Waals surface area contributed by atoms with Crippen LogP contribution in [0.2, 0.25) is 0 Å². The minimum Gasteiger partial charge on any atom is -0.478 e. The van der Waals surface area contributed by atoms with Gasteiger partial charge in [-0.2, -0.15) is 10.5 Å². The Bertz CT molecular complexity index is 2670. The third-order valence-electron chi connectivity index (χ3n) is 11.1. The number of nitrogens with zero attached hydrogens (tertiary/aromatic N) is 8. The van der Waals surface area contributed by atoms with Crippen molar-refractivity contribution >= 4 is 116 Å². The molecule has 334 valence electrons. The highest BCUT2D eigenvalue weighted by Crippen LogP contribution is 2.49. The zero-order valence-electron chi connectivity index (χ0n) is 34.9. The molecule has 4 heterocycles. The summed E-state index contributed by atoms with van der Waals surface area (Å²) in [5, 5.41) is 43.1. The van der Waals surface area contributed by atoms with E-state index in [0.717, 1.165) is 25.0 Å². The monoisotopic (exact) mass is 1050 g/mol. The molecule has 4 aliphatic rings. The number of aromatic carboxylic acids is 1. The molecule has 2 saturated heterocycles. The number of hydrogen-bond acceptors (Lipinski definition) is 13. The molecule has 0 atom stereocenters. The van der Waals surface area contributed by atoms with Gasteiger partial charge >= 0.3 is 5.97 Å². The molecule has 22 heteroatoms. The summed E-state index contributed by atoms with van der Waals surface area (Å²) in [6, 6.07) is 15.0. The number of hydrogen-bond donors (Lipinski definition) is 4. The van der Waals surface area contributed by atoms with Crippen LogP contribution in [0.25, 0.3) is 0 Å². The largest absolute Gasteiger partial charge is 0.478 e. The van der Waals surface area contributed by atoms with Crippen molar-refractivity contribution in [1.29, 1.82) is 10.5 Å². The lowest BCUT2D eigenvalue weighted by Crippen LogP contribution is -2.55. The first-order chi connectivity index (χ1) is 30.5. The molecule has 2 saturated carbocycles. The van der Waals surface area contributed by atoms with Crippen molar-refractivity contribution in [3.63, 3.8) is 0 Å². The first-order valence-corrected chi connectivity index (χ1v) is 21.1. The van der Waals surface area contributed by atoms with Crippen molar-refractivity contribution in [3.05, 3.63) is 106 Å². The number of carboxylic acids is 1. The standard InChI is InChI=1S/C21H17FN4O3S.C20H15FN4O3S.CH3I.ClH.H3NO/c1-12-7-14(10-24-17(12)9-23)25-19(29)21(5-2-6-21)26(20(25)30)13-3-4-15(16(22)8-13)18(28)11-27;1-11-7-13(10-23-16(11)9-22)24-18(28)20(5-2-6-20)25(19(24)29)12-3-4-14(17(26)27)15(21)8-12;1-2;;1-2/h3-4,7-8,10,27H,2,5-6,11H2,1H3;3-4,7-8,10H,2,5-6H2,1H3,(H,26,27);1H3;1H;2H,1H2/i;;1D;;. The van der Waals surface area contributed by atoms with Crippen LogP contribution in [0.3, 0.4) is 0 Å². The van der Waals surface area contributed by atoms with Crippen LogP contribution in [-0.2, 0) is 9.59 Å². The summed E-state index contributed by atoms with van der Waals surface area (Å²) in [4.78, 5) is 64.2. The van der Waals surface area contributed by atoms with E-state index < -0.39 is 46.6 Å². The third kappa shape index (κ3) is 8.76. The number of Topliss-reactive ketones (excluding diaryl/α,β-unsaturated/α-hetero) is 1. The topological polar surface area (TPSA) is 241 Å². The number of aliphatic hydroxyl groups excluding tert-OH is 1. The fourth-order valence-corrected chi connectivity index (χ4v) is 8.72. The summed E-state index contributed by atoms with van der Waals surface area (Å²) in [6.45, 7) is 2.65. The Balaban J connectivity index is 0.000000256. The number of aromatic nitrogens is 2. The Labute approximate surface area is 397 Å². The average molecular weight is 1050 g/mol. The number of carbonyl (C=O) groups is 4. The number of thiocarbonyl (C=S) groups is 2. The molecule has 5 N–H and O–H groups in total. The number of ketones is 1. The lowest BCUT2D eigenvalue weighted by molar-refractivity contribution is -0.124. The fraction of sp³-hybridized carbons (Fsp3) is 0.286. The Hall–Kier alpha value is -5.66. The molecule has 2 aliphatic carbocycles. The Kier molecular flexibility index (Phi) is 16.1. The fourth-order valence-electron chi connectivity index (χ4n) is 7.79. The molecular formula is C42H39ClF2IN9O7S2. The number of halogens is 4. The number of nitriles is 2. The number of amides is 2. The van der Waals surface area contributed by atoms with Gasteiger partial charge in [0.1, 0.15) is 52.8 Å². The van der Waals surface area contributed by atoms with E-state index in [4.69, 9.17) is 51.8 Å². The van der Waals surface area contributed by atoms with Gasteiger partial charge in [0.05, 0.1) is 34.9 Å². The van der Waals surface area contributed by atoms with Crippen LogP contribution in [0, 0.1) is 48.1 Å². The van der Waals surface area contributed by atoms with E-state index >= 15 is 0 Å². The van der Waals surface area contributed by atoms with Gasteiger partial charge in [-0.25, -0.2) is 29.4 Å². The Morgan fingerprint density at radius 3 is 1.45 bits per heavy atom. The lowest BCUT2D eigenvalue weighted by atomic mass is 9.75. The number of anilines is 4. The molecule has 2 spiro atoms. The molecule has 2 aromatic heterocycles. The molecule has 2 amide bonds. The van der Waals surface area contributed by atoms with Crippen molar-refractivity contribution in [1.82, 2.24) is 9.97 Å². The maximum absolute atomic E-state index is 14.6. The van der Waals surface area contributed by atoms with Crippen molar-refractivity contribution in [2.45, 2.75) is 63.5 Å². The highest BCUT2D eigenvalue weighted by Gasteiger charge is 2.61. The normalized spacial score (nSPS) is 16.4. The minimum absolute atomic E-state index is 0. The van der Waals surface area contributed by atoms with Gasteiger partial charge in [0, 0.05) is 12.7 Å². The van der Waals surface area contributed by atoms with E-state index in [1.54, 1.807) is 35.8 Å². The number of nitrogens with two attached hydrogens (primary N) is 1. The van der Waals surface area contributed by atoms with Gasteiger partial charge in [0.2, 0.25) is 0 Å². The van der Waals surface area contributed by atoms with Gasteiger partial charge in [0.15, 0.2) is 16.0 Å². The van der Waals surface area contributed by atoms with Crippen LogP contribution in [0.4, 0.5) is 31.5 Å². The van der Waals surface area contributed by atoms with Crippen molar-refractivity contribution in [2.24, 2.45) is 5.90 Å². The quantitative estimate of drug-likeness (QED) is 0.0501. The zero-order chi connectivity index (χ0) is 47.3. The van der Waals surface area contributed by atoms with Gasteiger partial charge in [-0.05, 0) is 141 Å². The van der Waals surface area contributed by atoms with Crippen molar-refractivity contribution in [2.75, 3.05) is 31.1 Å². The molecule has 8 rings (SSSR count). The summed E-state index contributed by atoms with van der Waals surface area (Å²) >= 11 is 13.2. The van der Waals surface area contributed by atoms with E-state index in [0.29, 0.717) is 64.5 Å². The number of carbonyl (C=O) groups excluding carboxylic acids is 3. The number of aryl methyl sites for hydroxylation is 2. The highest BCUT2D eigenvalue weighted by molar-refractivity contribution is 14.1. The molecule has 2 aliphatic heterocycles. The molecule has 4 aromatic rings. The SMILES string of the molecule is Cc1cc(N2C(=O)C3(CCC3)N(c3ccc(C(=O)CO)c(F)c3)C2=S)cnc1C#N.Cc1cc(N2C(=O)C3(CCC3)N(c3ccc(C(=O)O)c(F)c3)C2=S)cnc1C#N.Cl.NO.[2H]CI. The summed E-state index contributed by atoms with van der Waals surface area (Å²) in [7, 11) is 0. The van der Waals surface area contributed by atoms with Gasteiger partial charge < -0.3 is 25.2 Å². The molecule has 4 fully saturated rings. The zero-order valence-corrected chi connectivity index (χ0v) is 38.5. The molecule has 2 aromatic carbocycles. The molecule has 0 bridgehead atoms.